The molecule has 2 N–H and O–H groups in total. The summed E-state index contributed by atoms with van der Waals surface area (Å²) in [5.74, 6) is 0. The molecule has 0 radical (unpaired) electrons. The van der Waals surface area contributed by atoms with E-state index in [-0.39, 0.29) is 0 Å². The van der Waals surface area contributed by atoms with Gasteiger partial charge in [0.05, 0.1) is 0 Å². The third-order valence-corrected chi connectivity index (χ3v) is 1.62. The quantitative estimate of drug-likeness (QED) is 0.559. The highest BCUT2D eigenvalue weighted by Crippen LogP contribution is 2.12. The molecule has 0 aromatic carbocycles. The maximum Gasteiger partial charge on any atom is 0.335 e. The van der Waals surface area contributed by atoms with Gasteiger partial charge in [-0.05, 0) is 6.54 Å². The fourth-order valence-electron chi connectivity index (χ4n) is 0.314. The van der Waals surface area contributed by atoms with Crippen LogP contribution in [-0.4, -0.2) is 19.4 Å². The van der Waals surface area contributed by atoms with Gasteiger partial charge in [0.15, 0.2) is 0 Å². The molecule has 42 valence electrons. The molecule has 0 aromatic heterocycles. The van der Waals surface area contributed by atoms with E-state index in [4.69, 9.17) is 5.73 Å². The van der Waals surface area contributed by atoms with Crippen molar-refractivity contribution in [3.8, 4) is 0 Å². The zero-order valence-corrected chi connectivity index (χ0v) is 5.45. The molecule has 0 spiro atoms. The molecule has 0 aromatic rings. The van der Waals surface area contributed by atoms with Crippen molar-refractivity contribution in [2.75, 3.05) is 19.4 Å². The van der Waals surface area contributed by atoms with E-state index >= 15 is 0 Å². The van der Waals surface area contributed by atoms with Crippen molar-refractivity contribution in [3.05, 3.63) is 0 Å². The molecule has 0 aliphatic heterocycles. The SMILES string of the molecule is C[P+](=O)CCCN. The molecule has 0 aliphatic carbocycles. The van der Waals surface area contributed by atoms with E-state index in [9.17, 15) is 4.57 Å². The molecular formula is C4H11NOP+. The summed E-state index contributed by atoms with van der Waals surface area (Å²) >= 11 is 0. The molecule has 0 saturated carbocycles. The van der Waals surface area contributed by atoms with E-state index in [1.54, 1.807) is 6.66 Å². The summed E-state index contributed by atoms with van der Waals surface area (Å²) in [7, 11) is -0.936. The molecule has 1 unspecified atom stereocenters. The molecule has 3 heteroatoms. The third kappa shape index (κ3) is 6.06. The van der Waals surface area contributed by atoms with Gasteiger partial charge < -0.3 is 5.73 Å². The lowest BCUT2D eigenvalue weighted by molar-refractivity contribution is 0.590. The maximum atomic E-state index is 10.3. The fraction of sp³-hybridized carbons (Fsp3) is 1.00. The van der Waals surface area contributed by atoms with Crippen LogP contribution in [0.3, 0.4) is 0 Å². The zero-order chi connectivity index (χ0) is 5.70. The summed E-state index contributed by atoms with van der Waals surface area (Å²) in [6.07, 6.45) is 1.68. The Morgan fingerprint density at radius 2 is 2.29 bits per heavy atom. The smallest absolute Gasteiger partial charge is 0.330 e. The first-order valence-electron chi connectivity index (χ1n) is 2.35. The van der Waals surface area contributed by atoms with Gasteiger partial charge in [0.1, 0.15) is 12.8 Å². The van der Waals surface area contributed by atoms with Crippen molar-refractivity contribution in [1.29, 1.82) is 0 Å². The minimum atomic E-state index is -0.936. The Morgan fingerprint density at radius 3 is 2.43 bits per heavy atom. The lowest BCUT2D eigenvalue weighted by Crippen LogP contribution is -1.98. The summed E-state index contributed by atoms with van der Waals surface area (Å²) < 4.78 is 10.3. The van der Waals surface area contributed by atoms with Gasteiger partial charge in [-0.3, -0.25) is 0 Å². The zero-order valence-electron chi connectivity index (χ0n) is 4.55. The number of hydrogen-bond acceptors (Lipinski definition) is 2. The van der Waals surface area contributed by atoms with Crippen LogP contribution in [0.2, 0.25) is 0 Å². The summed E-state index contributed by atoms with van der Waals surface area (Å²) in [4.78, 5) is 0. The van der Waals surface area contributed by atoms with Gasteiger partial charge in [0, 0.05) is 6.42 Å². The summed E-state index contributed by atoms with van der Waals surface area (Å²) in [6.45, 7) is 2.39. The van der Waals surface area contributed by atoms with Crippen LogP contribution in [-0.2, 0) is 4.57 Å². The Labute approximate surface area is 44.9 Å². The molecule has 0 heterocycles. The minimum Gasteiger partial charge on any atom is -0.330 e. The normalized spacial score (nSPS) is 11.4. The van der Waals surface area contributed by atoms with Gasteiger partial charge in [-0.15, -0.1) is 0 Å². The molecule has 0 amide bonds. The van der Waals surface area contributed by atoms with Gasteiger partial charge in [0.25, 0.3) is 0 Å². The Kier molecular flexibility index (Phi) is 4.26. The van der Waals surface area contributed by atoms with Crippen LogP contribution in [0.5, 0.6) is 0 Å². The predicted octanol–water partition coefficient (Wildman–Crippen LogP) is 0.792. The molecule has 0 fully saturated rings. The van der Waals surface area contributed by atoms with E-state index in [1.165, 1.54) is 0 Å². The second kappa shape index (κ2) is 4.23. The van der Waals surface area contributed by atoms with Crippen LogP contribution in [0.25, 0.3) is 0 Å². The molecule has 7 heavy (non-hydrogen) atoms. The summed E-state index contributed by atoms with van der Waals surface area (Å²) in [5.41, 5.74) is 5.15. The largest absolute Gasteiger partial charge is 0.335 e. The van der Waals surface area contributed by atoms with Gasteiger partial charge in [0.2, 0.25) is 0 Å². The van der Waals surface area contributed by atoms with Crippen molar-refractivity contribution in [2.45, 2.75) is 6.42 Å². The summed E-state index contributed by atoms with van der Waals surface area (Å²) in [5, 5.41) is 0. The Bertz CT molecular complexity index is 64.7. The molecule has 1 atom stereocenters. The van der Waals surface area contributed by atoms with Crippen LogP contribution >= 0.6 is 7.80 Å². The Balaban J connectivity index is 2.82. The first kappa shape index (κ1) is 7.06. The van der Waals surface area contributed by atoms with Crippen LogP contribution in [0, 0.1) is 0 Å². The van der Waals surface area contributed by atoms with E-state index in [0.29, 0.717) is 6.54 Å². The van der Waals surface area contributed by atoms with Crippen molar-refractivity contribution >= 4 is 7.80 Å². The summed E-state index contributed by atoms with van der Waals surface area (Å²) in [6, 6.07) is 0. The second-order valence-corrected chi connectivity index (χ2v) is 3.20. The third-order valence-electron chi connectivity index (χ3n) is 0.677. The van der Waals surface area contributed by atoms with Crippen molar-refractivity contribution in [1.82, 2.24) is 0 Å². The van der Waals surface area contributed by atoms with Crippen molar-refractivity contribution < 1.29 is 4.57 Å². The van der Waals surface area contributed by atoms with Gasteiger partial charge in [-0.25, -0.2) is 0 Å². The van der Waals surface area contributed by atoms with Crippen molar-refractivity contribution in [3.63, 3.8) is 0 Å². The first-order valence-corrected chi connectivity index (χ1v) is 4.25. The number of rotatable bonds is 3. The molecule has 2 nitrogen and oxygen atoms in total. The highest BCUT2D eigenvalue weighted by Gasteiger charge is 2.00. The van der Waals surface area contributed by atoms with E-state index in [0.717, 1.165) is 12.6 Å². The van der Waals surface area contributed by atoms with Crippen LogP contribution in [0.1, 0.15) is 6.42 Å². The monoisotopic (exact) mass is 120 g/mol. The Morgan fingerprint density at radius 1 is 1.71 bits per heavy atom. The average molecular weight is 120 g/mol. The molecule has 0 rings (SSSR count). The lowest BCUT2D eigenvalue weighted by atomic mass is 10.5. The maximum absolute atomic E-state index is 10.3. The predicted molar refractivity (Wildman–Crippen MR) is 32.1 cm³/mol. The highest BCUT2D eigenvalue weighted by atomic mass is 31.1. The molecule has 0 saturated heterocycles. The molecular weight excluding hydrogens is 109 g/mol. The van der Waals surface area contributed by atoms with E-state index in [2.05, 4.69) is 0 Å². The fourth-order valence-corrected chi connectivity index (χ4v) is 0.942. The van der Waals surface area contributed by atoms with Gasteiger partial charge in [-0.1, -0.05) is 4.57 Å². The van der Waals surface area contributed by atoms with Crippen LogP contribution in [0.15, 0.2) is 0 Å². The molecule has 0 bridgehead atoms. The van der Waals surface area contributed by atoms with Gasteiger partial charge in [-0.2, -0.15) is 0 Å². The highest BCUT2D eigenvalue weighted by molar-refractivity contribution is 7.43. The molecule has 0 aliphatic rings. The van der Waals surface area contributed by atoms with Gasteiger partial charge >= 0.3 is 7.80 Å². The topological polar surface area (TPSA) is 43.1 Å². The van der Waals surface area contributed by atoms with Crippen LogP contribution in [0.4, 0.5) is 0 Å². The van der Waals surface area contributed by atoms with Crippen molar-refractivity contribution in [2.24, 2.45) is 5.73 Å². The lowest BCUT2D eigenvalue weighted by Gasteiger charge is -1.78. The Hall–Kier alpha value is 0.0600. The van der Waals surface area contributed by atoms with E-state index in [1.807, 2.05) is 0 Å². The first-order chi connectivity index (χ1) is 3.27. The average Bonchev–Trinajstić information content (AvgIpc) is 1.61. The standard InChI is InChI=1S/C4H11NOP/c1-7(6)4-2-3-5/h2-5H2,1H3/q+1. The number of nitrogens with two attached hydrogens (primary N) is 1. The number of hydrogen-bond donors (Lipinski definition) is 1. The minimum absolute atomic E-state index is 0.662. The second-order valence-electron chi connectivity index (χ2n) is 1.49. The van der Waals surface area contributed by atoms with Crippen LogP contribution < -0.4 is 5.73 Å². The van der Waals surface area contributed by atoms with E-state index < -0.39 is 7.80 Å².